The molecule has 110 valence electrons. The van der Waals surface area contributed by atoms with E-state index in [1.165, 1.54) is 7.11 Å². The van der Waals surface area contributed by atoms with Crippen LogP contribution in [0.4, 0.5) is 0 Å². The Morgan fingerprint density at radius 2 is 2.30 bits per heavy atom. The molecule has 0 saturated heterocycles. The second-order valence-electron chi connectivity index (χ2n) is 4.03. The standard InChI is InChI=1S/C14H18ClNO4/c1-3-6-20-14-11(15)7-10(8-12(14)19-2)9-16-5-4-13(17)18/h3,7-8,16H,1,4-6,9H2,2H3,(H,17,18). The fourth-order valence-electron chi connectivity index (χ4n) is 1.59. The summed E-state index contributed by atoms with van der Waals surface area (Å²) < 4.78 is 10.7. The minimum absolute atomic E-state index is 0.0748. The van der Waals surface area contributed by atoms with Crippen LogP contribution in [0.3, 0.4) is 0 Å². The van der Waals surface area contributed by atoms with Crippen LogP contribution in [0.15, 0.2) is 24.8 Å². The van der Waals surface area contributed by atoms with Crippen molar-refractivity contribution in [2.45, 2.75) is 13.0 Å². The number of ether oxygens (including phenoxy) is 2. The number of carboxylic acid groups (broad SMARTS) is 1. The summed E-state index contributed by atoms with van der Waals surface area (Å²) in [7, 11) is 1.54. The molecule has 0 bridgehead atoms. The van der Waals surface area contributed by atoms with Gasteiger partial charge in [0.15, 0.2) is 11.5 Å². The molecule has 5 nitrogen and oxygen atoms in total. The van der Waals surface area contributed by atoms with Crippen molar-refractivity contribution in [2.75, 3.05) is 20.3 Å². The van der Waals surface area contributed by atoms with Crippen molar-refractivity contribution >= 4 is 17.6 Å². The Kier molecular flexibility index (Phi) is 6.90. The maximum absolute atomic E-state index is 10.4. The van der Waals surface area contributed by atoms with Gasteiger partial charge in [-0.1, -0.05) is 24.3 Å². The summed E-state index contributed by atoms with van der Waals surface area (Å²) in [5.41, 5.74) is 0.892. The van der Waals surface area contributed by atoms with Gasteiger partial charge in [-0.25, -0.2) is 0 Å². The molecule has 0 saturated carbocycles. The van der Waals surface area contributed by atoms with E-state index in [2.05, 4.69) is 11.9 Å². The van der Waals surface area contributed by atoms with Gasteiger partial charge in [-0.2, -0.15) is 0 Å². The number of nitrogens with one attached hydrogen (secondary N) is 1. The van der Waals surface area contributed by atoms with Gasteiger partial charge in [-0.15, -0.1) is 0 Å². The number of rotatable bonds is 9. The Morgan fingerprint density at radius 1 is 1.55 bits per heavy atom. The van der Waals surface area contributed by atoms with Crippen LogP contribution in [0.25, 0.3) is 0 Å². The third kappa shape index (κ3) is 5.11. The number of halogens is 1. The number of methoxy groups -OCH3 is 1. The predicted molar refractivity (Wildman–Crippen MR) is 77.7 cm³/mol. The van der Waals surface area contributed by atoms with Crippen molar-refractivity contribution in [1.82, 2.24) is 5.32 Å². The van der Waals surface area contributed by atoms with Crippen molar-refractivity contribution in [3.63, 3.8) is 0 Å². The normalized spacial score (nSPS) is 10.1. The van der Waals surface area contributed by atoms with Crippen LogP contribution in [-0.4, -0.2) is 31.3 Å². The van der Waals surface area contributed by atoms with Crippen LogP contribution in [-0.2, 0) is 11.3 Å². The maximum Gasteiger partial charge on any atom is 0.304 e. The third-order valence-corrected chi connectivity index (χ3v) is 2.76. The van der Waals surface area contributed by atoms with Gasteiger partial charge in [0.05, 0.1) is 18.6 Å². The molecule has 0 aliphatic rings. The van der Waals surface area contributed by atoms with Crippen molar-refractivity contribution in [3.05, 3.63) is 35.4 Å². The first-order valence-electron chi connectivity index (χ1n) is 6.11. The molecule has 0 spiro atoms. The van der Waals surface area contributed by atoms with Crippen LogP contribution >= 0.6 is 11.6 Å². The largest absolute Gasteiger partial charge is 0.493 e. The molecule has 2 N–H and O–H groups in total. The second kappa shape index (κ2) is 8.45. The van der Waals surface area contributed by atoms with Crippen molar-refractivity contribution in [1.29, 1.82) is 0 Å². The van der Waals surface area contributed by atoms with E-state index in [0.717, 1.165) is 5.56 Å². The van der Waals surface area contributed by atoms with E-state index in [0.29, 0.717) is 36.2 Å². The van der Waals surface area contributed by atoms with Crippen LogP contribution in [0.5, 0.6) is 11.5 Å². The number of hydrogen-bond donors (Lipinski definition) is 2. The first-order chi connectivity index (χ1) is 9.58. The number of hydrogen-bond acceptors (Lipinski definition) is 4. The zero-order valence-electron chi connectivity index (χ0n) is 11.3. The van der Waals surface area contributed by atoms with E-state index in [4.69, 9.17) is 26.2 Å². The molecule has 0 aliphatic carbocycles. The summed E-state index contributed by atoms with van der Waals surface area (Å²) >= 11 is 6.15. The summed E-state index contributed by atoms with van der Waals surface area (Å²) in [6, 6.07) is 3.56. The fourth-order valence-corrected chi connectivity index (χ4v) is 1.87. The Labute approximate surface area is 123 Å². The van der Waals surface area contributed by atoms with Gasteiger partial charge in [0.1, 0.15) is 6.61 Å². The highest BCUT2D eigenvalue weighted by atomic mass is 35.5. The van der Waals surface area contributed by atoms with Gasteiger partial charge < -0.3 is 19.9 Å². The summed E-state index contributed by atoms with van der Waals surface area (Å²) in [6.45, 7) is 4.81. The SMILES string of the molecule is C=CCOc1c(Cl)cc(CNCCC(=O)O)cc1OC. The highest BCUT2D eigenvalue weighted by Gasteiger charge is 2.11. The molecule has 1 aromatic carbocycles. The summed E-state index contributed by atoms with van der Waals surface area (Å²) in [6.07, 6.45) is 1.70. The molecule has 0 heterocycles. The molecular weight excluding hydrogens is 282 g/mol. The second-order valence-corrected chi connectivity index (χ2v) is 4.44. The van der Waals surface area contributed by atoms with Gasteiger partial charge in [0.25, 0.3) is 0 Å². The van der Waals surface area contributed by atoms with Gasteiger partial charge >= 0.3 is 5.97 Å². The first kappa shape index (κ1) is 16.3. The molecule has 1 aromatic rings. The fraction of sp³-hybridized carbons (Fsp3) is 0.357. The summed E-state index contributed by atoms with van der Waals surface area (Å²) in [5, 5.41) is 12.0. The zero-order valence-corrected chi connectivity index (χ0v) is 12.1. The monoisotopic (exact) mass is 299 g/mol. The third-order valence-electron chi connectivity index (χ3n) is 2.48. The molecule has 20 heavy (non-hydrogen) atoms. The lowest BCUT2D eigenvalue weighted by Crippen LogP contribution is -2.17. The minimum atomic E-state index is -0.832. The topological polar surface area (TPSA) is 67.8 Å². The quantitative estimate of drug-likeness (QED) is 0.541. The van der Waals surface area contributed by atoms with Crippen LogP contribution in [0.1, 0.15) is 12.0 Å². The average Bonchev–Trinajstić information content (AvgIpc) is 2.41. The van der Waals surface area contributed by atoms with Crippen LogP contribution in [0, 0.1) is 0 Å². The number of benzene rings is 1. The van der Waals surface area contributed by atoms with E-state index in [1.807, 2.05) is 0 Å². The van der Waals surface area contributed by atoms with Gasteiger partial charge in [0.2, 0.25) is 0 Å². The van der Waals surface area contributed by atoms with Crippen molar-refractivity contribution in [2.24, 2.45) is 0 Å². The van der Waals surface area contributed by atoms with Crippen LogP contribution in [0.2, 0.25) is 5.02 Å². The van der Waals surface area contributed by atoms with E-state index in [9.17, 15) is 4.79 Å². The molecule has 0 radical (unpaired) electrons. The number of carboxylic acids is 1. The van der Waals surface area contributed by atoms with E-state index >= 15 is 0 Å². The lowest BCUT2D eigenvalue weighted by atomic mass is 10.2. The summed E-state index contributed by atoms with van der Waals surface area (Å²) in [4.78, 5) is 10.4. The molecule has 0 aliphatic heterocycles. The molecule has 0 unspecified atom stereocenters. The first-order valence-corrected chi connectivity index (χ1v) is 6.49. The number of aliphatic carboxylic acids is 1. The lowest BCUT2D eigenvalue weighted by molar-refractivity contribution is -0.136. The van der Waals surface area contributed by atoms with Crippen molar-refractivity contribution < 1.29 is 19.4 Å². The molecule has 0 fully saturated rings. The van der Waals surface area contributed by atoms with Crippen LogP contribution < -0.4 is 14.8 Å². The van der Waals surface area contributed by atoms with E-state index < -0.39 is 5.97 Å². The Balaban J connectivity index is 2.71. The van der Waals surface area contributed by atoms with Gasteiger partial charge in [-0.3, -0.25) is 4.79 Å². The molecule has 1 rings (SSSR count). The Morgan fingerprint density at radius 3 is 2.90 bits per heavy atom. The van der Waals surface area contributed by atoms with Gasteiger partial charge in [0, 0.05) is 13.1 Å². The van der Waals surface area contributed by atoms with Crippen molar-refractivity contribution in [3.8, 4) is 11.5 Å². The molecule has 6 heteroatoms. The molecular formula is C14H18ClNO4. The van der Waals surface area contributed by atoms with Gasteiger partial charge in [-0.05, 0) is 17.7 Å². The smallest absolute Gasteiger partial charge is 0.304 e. The Bertz CT molecular complexity index is 476. The molecule has 0 aromatic heterocycles. The zero-order chi connectivity index (χ0) is 15.0. The van der Waals surface area contributed by atoms with E-state index in [1.54, 1.807) is 18.2 Å². The summed E-state index contributed by atoms with van der Waals surface area (Å²) in [5.74, 6) is 0.180. The Hall–Kier alpha value is -1.72. The number of carbonyl (C=O) groups is 1. The van der Waals surface area contributed by atoms with E-state index in [-0.39, 0.29) is 6.42 Å². The highest BCUT2D eigenvalue weighted by Crippen LogP contribution is 2.36. The molecule has 0 amide bonds. The molecule has 0 atom stereocenters. The average molecular weight is 300 g/mol. The predicted octanol–water partition coefficient (Wildman–Crippen LogP) is 2.48. The lowest BCUT2D eigenvalue weighted by Gasteiger charge is -2.13. The minimum Gasteiger partial charge on any atom is -0.493 e. The highest BCUT2D eigenvalue weighted by molar-refractivity contribution is 6.32. The maximum atomic E-state index is 10.4.